The molecule has 1 nitrogen and oxygen atoms in total. The first-order chi connectivity index (χ1) is 9.72. The van der Waals surface area contributed by atoms with Crippen molar-refractivity contribution in [3.05, 3.63) is 35.4 Å². The van der Waals surface area contributed by atoms with E-state index in [1.807, 2.05) is 18.7 Å². The smallest absolute Gasteiger partial charge is 0.130 e. The van der Waals surface area contributed by atoms with Gasteiger partial charge in [0.25, 0.3) is 0 Å². The molecule has 0 saturated heterocycles. The summed E-state index contributed by atoms with van der Waals surface area (Å²) in [4.78, 5) is 0. The molecule has 0 aliphatic heterocycles. The number of benzene rings is 1. The average molecular weight is 299 g/mol. The maximum atomic E-state index is 13.9. The fourth-order valence-corrected chi connectivity index (χ4v) is 4.21. The standard InChI is InChI=1S/C16H23F2NS/c1-2-19-15(11-20-12-7-4-3-5-8-12)16-13(17)9-6-10-14(16)18/h6,9-10,12,15,19H,2-5,7-8,11H2,1H3. The van der Waals surface area contributed by atoms with Crippen LogP contribution in [-0.4, -0.2) is 17.5 Å². The van der Waals surface area contributed by atoms with Gasteiger partial charge < -0.3 is 5.32 Å². The highest BCUT2D eigenvalue weighted by Crippen LogP contribution is 2.32. The molecule has 1 aromatic rings. The van der Waals surface area contributed by atoms with Crippen molar-refractivity contribution in [2.24, 2.45) is 0 Å². The van der Waals surface area contributed by atoms with Crippen LogP contribution in [0.4, 0.5) is 8.78 Å². The molecule has 1 fully saturated rings. The van der Waals surface area contributed by atoms with Crippen LogP contribution in [0.3, 0.4) is 0 Å². The van der Waals surface area contributed by atoms with E-state index in [0.29, 0.717) is 11.8 Å². The number of nitrogens with one attached hydrogen (secondary N) is 1. The number of hydrogen-bond acceptors (Lipinski definition) is 2. The van der Waals surface area contributed by atoms with Crippen molar-refractivity contribution in [1.82, 2.24) is 5.32 Å². The molecule has 1 aliphatic carbocycles. The minimum absolute atomic E-state index is 0.192. The van der Waals surface area contributed by atoms with Crippen LogP contribution in [0, 0.1) is 11.6 Å². The second kappa shape index (κ2) is 7.99. The third kappa shape index (κ3) is 4.19. The fourth-order valence-electron chi connectivity index (χ4n) is 2.80. The van der Waals surface area contributed by atoms with Crippen molar-refractivity contribution >= 4 is 11.8 Å². The van der Waals surface area contributed by atoms with Gasteiger partial charge in [-0.05, 0) is 31.5 Å². The molecule has 1 N–H and O–H groups in total. The number of hydrogen-bond donors (Lipinski definition) is 1. The normalized spacial score (nSPS) is 18.1. The first-order valence-electron chi connectivity index (χ1n) is 7.51. The van der Waals surface area contributed by atoms with E-state index < -0.39 is 11.6 Å². The van der Waals surface area contributed by atoms with E-state index in [4.69, 9.17) is 0 Å². The SMILES string of the molecule is CCNC(CSC1CCCCC1)c1c(F)cccc1F. The summed E-state index contributed by atoms with van der Waals surface area (Å²) >= 11 is 1.86. The monoisotopic (exact) mass is 299 g/mol. The summed E-state index contributed by atoms with van der Waals surface area (Å²) in [5.74, 6) is -0.156. The molecule has 112 valence electrons. The summed E-state index contributed by atoms with van der Waals surface area (Å²) in [6.45, 7) is 2.68. The molecule has 20 heavy (non-hydrogen) atoms. The van der Waals surface area contributed by atoms with Crippen molar-refractivity contribution in [3.63, 3.8) is 0 Å². The molecular weight excluding hydrogens is 276 g/mol. The lowest BCUT2D eigenvalue weighted by Crippen LogP contribution is -2.26. The molecule has 0 radical (unpaired) electrons. The molecule has 0 heterocycles. The van der Waals surface area contributed by atoms with Gasteiger partial charge >= 0.3 is 0 Å². The van der Waals surface area contributed by atoms with Gasteiger partial charge in [-0.2, -0.15) is 11.8 Å². The Morgan fingerprint density at radius 3 is 2.45 bits per heavy atom. The second-order valence-electron chi connectivity index (χ2n) is 5.34. The Balaban J connectivity index is 2.02. The first kappa shape index (κ1) is 15.8. The summed E-state index contributed by atoms with van der Waals surface area (Å²) in [6, 6.07) is 3.86. The van der Waals surface area contributed by atoms with Crippen LogP contribution in [0.25, 0.3) is 0 Å². The summed E-state index contributed by atoms with van der Waals surface area (Å²) in [5.41, 5.74) is 0.192. The predicted molar refractivity (Wildman–Crippen MR) is 82.1 cm³/mol. The molecule has 1 aliphatic rings. The van der Waals surface area contributed by atoms with E-state index >= 15 is 0 Å². The molecular formula is C16H23F2NS. The highest BCUT2D eigenvalue weighted by atomic mass is 32.2. The number of thioether (sulfide) groups is 1. The molecule has 1 atom stereocenters. The van der Waals surface area contributed by atoms with Crippen LogP contribution >= 0.6 is 11.8 Å². The minimum atomic E-state index is -0.444. The van der Waals surface area contributed by atoms with Crippen LogP contribution in [0.15, 0.2) is 18.2 Å². The van der Waals surface area contributed by atoms with E-state index in [9.17, 15) is 8.78 Å². The van der Waals surface area contributed by atoms with Crippen LogP contribution in [0.1, 0.15) is 50.6 Å². The number of halogens is 2. The molecule has 1 unspecified atom stereocenters. The molecule has 2 rings (SSSR count). The Morgan fingerprint density at radius 1 is 1.20 bits per heavy atom. The van der Waals surface area contributed by atoms with Crippen molar-refractivity contribution in [2.45, 2.75) is 50.3 Å². The van der Waals surface area contributed by atoms with Crippen LogP contribution in [0.2, 0.25) is 0 Å². The summed E-state index contributed by atoms with van der Waals surface area (Å²) in [6.07, 6.45) is 6.39. The van der Waals surface area contributed by atoms with E-state index in [-0.39, 0.29) is 11.6 Å². The molecule has 0 spiro atoms. The van der Waals surface area contributed by atoms with Crippen molar-refractivity contribution < 1.29 is 8.78 Å². The first-order valence-corrected chi connectivity index (χ1v) is 8.56. The fraction of sp³-hybridized carbons (Fsp3) is 0.625. The van der Waals surface area contributed by atoms with E-state index in [1.165, 1.54) is 50.3 Å². The molecule has 4 heteroatoms. The van der Waals surface area contributed by atoms with Gasteiger partial charge in [-0.3, -0.25) is 0 Å². The van der Waals surface area contributed by atoms with Gasteiger partial charge in [0.05, 0.1) is 0 Å². The molecule has 0 amide bonds. The van der Waals surface area contributed by atoms with Crippen LogP contribution in [-0.2, 0) is 0 Å². The minimum Gasteiger partial charge on any atom is -0.309 e. The number of rotatable bonds is 6. The third-order valence-electron chi connectivity index (χ3n) is 3.85. The van der Waals surface area contributed by atoms with Gasteiger partial charge in [0.1, 0.15) is 11.6 Å². The molecule has 1 saturated carbocycles. The zero-order chi connectivity index (χ0) is 14.4. The zero-order valence-corrected chi connectivity index (χ0v) is 12.8. The van der Waals surface area contributed by atoms with Gasteiger partial charge in [0.15, 0.2) is 0 Å². The van der Waals surface area contributed by atoms with Gasteiger partial charge in [-0.15, -0.1) is 0 Å². The Bertz CT molecular complexity index is 399. The molecule has 0 aromatic heterocycles. The Kier molecular flexibility index (Phi) is 6.30. The Morgan fingerprint density at radius 2 is 1.85 bits per heavy atom. The van der Waals surface area contributed by atoms with Crippen LogP contribution in [0.5, 0.6) is 0 Å². The lowest BCUT2D eigenvalue weighted by molar-refractivity contribution is 0.495. The maximum Gasteiger partial charge on any atom is 0.130 e. The van der Waals surface area contributed by atoms with E-state index in [1.54, 1.807) is 0 Å². The van der Waals surface area contributed by atoms with E-state index in [2.05, 4.69) is 5.32 Å². The van der Waals surface area contributed by atoms with Crippen molar-refractivity contribution in [1.29, 1.82) is 0 Å². The van der Waals surface area contributed by atoms with Crippen molar-refractivity contribution in [2.75, 3.05) is 12.3 Å². The Labute approximate surface area is 124 Å². The lowest BCUT2D eigenvalue weighted by Gasteiger charge is -2.25. The van der Waals surface area contributed by atoms with Gasteiger partial charge in [-0.1, -0.05) is 32.3 Å². The van der Waals surface area contributed by atoms with E-state index in [0.717, 1.165) is 5.75 Å². The predicted octanol–water partition coefficient (Wildman–Crippen LogP) is 4.68. The van der Waals surface area contributed by atoms with Gasteiger partial charge in [-0.25, -0.2) is 8.78 Å². The highest BCUT2D eigenvalue weighted by Gasteiger charge is 2.22. The quantitative estimate of drug-likeness (QED) is 0.818. The summed E-state index contributed by atoms with van der Waals surface area (Å²) in [5, 5.41) is 3.87. The second-order valence-corrected chi connectivity index (χ2v) is 6.67. The maximum absolute atomic E-state index is 13.9. The molecule has 1 aromatic carbocycles. The topological polar surface area (TPSA) is 12.0 Å². The van der Waals surface area contributed by atoms with Crippen LogP contribution < -0.4 is 5.32 Å². The lowest BCUT2D eigenvalue weighted by atomic mass is 10.0. The largest absolute Gasteiger partial charge is 0.309 e. The Hall–Kier alpha value is -0.610. The van der Waals surface area contributed by atoms with Gasteiger partial charge in [0.2, 0.25) is 0 Å². The zero-order valence-electron chi connectivity index (χ0n) is 12.0. The highest BCUT2D eigenvalue weighted by molar-refractivity contribution is 7.99. The van der Waals surface area contributed by atoms with Crippen molar-refractivity contribution in [3.8, 4) is 0 Å². The summed E-state index contributed by atoms with van der Waals surface area (Å²) < 4.78 is 27.8. The summed E-state index contributed by atoms with van der Waals surface area (Å²) in [7, 11) is 0. The van der Waals surface area contributed by atoms with Gasteiger partial charge in [0, 0.05) is 22.6 Å². The molecule has 0 bridgehead atoms. The average Bonchev–Trinajstić information content (AvgIpc) is 2.45. The third-order valence-corrected chi connectivity index (χ3v) is 5.32.